The number of aromatic carboxylic acids is 2. The molecule has 2 fully saturated rings. The number of benzene rings is 4. The SMILES string of the molecule is O=C1CN(c2ccc(Cc3ccccc3C(=O)O)cc2O)S(=O)(=O)N1.O=C1CN(c2ccc(Cc3ccccc3C(=O)O)cc2O)S(=O)(=O)N1. The number of phenols is 2. The van der Waals surface area contributed by atoms with Gasteiger partial charge in [0.25, 0.3) is 11.8 Å². The Morgan fingerprint density at radius 2 is 0.960 bits per heavy atom. The van der Waals surface area contributed by atoms with Crippen LogP contribution >= 0.6 is 0 Å². The minimum atomic E-state index is -4.01. The molecule has 260 valence electrons. The first-order valence-electron chi connectivity index (χ1n) is 14.5. The maximum atomic E-state index is 11.8. The predicted molar refractivity (Wildman–Crippen MR) is 177 cm³/mol. The monoisotopic (exact) mass is 724 g/mol. The molecule has 2 amide bonds. The average molecular weight is 725 g/mol. The molecule has 0 spiro atoms. The second-order valence-electron chi connectivity index (χ2n) is 11.0. The second kappa shape index (κ2) is 13.8. The fraction of sp³-hybridized carbons (Fsp3) is 0.125. The van der Waals surface area contributed by atoms with E-state index < -0.39 is 57.3 Å². The zero-order valence-corrected chi connectivity index (χ0v) is 27.3. The molecule has 4 aromatic carbocycles. The van der Waals surface area contributed by atoms with Gasteiger partial charge in [0.1, 0.15) is 24.6 Å². The Kier molecular flexibility index (Phi) is 9.68. The van der Waals surface area contributed by atoms with E-state index in [-0.39, 0.29) is 46.8 Å². The van der Waals surface area contributed by atoms with Gasteiger partial charge in [0, 0.05) is 0 Å². The third-order valence-electron chi connectivity index (χ3n) is 7.54. The van der Waals surface area contributed by atoms with Gasteiger partial charge in [-0.1, -0.05) is 48.5 Å². The fourth-order valence-electron chi connectivity index (χ4n) is 5.31. The van der Waals surface area contributed by atoms with Gasteiger partial charge in [-0.05, 0) is 71.5 Å². The highest BCUT2D eigenvalue weighted by Gasteiger charge is 2.36. The molecule has 2 aliphatic rings. The van der Waals surface area contributed by atoms with Crippen LogP contribution in [0.1, 0.15) is 43.0 Å². The Morgan fingerprint density at radius 3 is 1.26 bits per heavy atom. The molecule has 0 saturated carbocycles. The molecule has 0 aromatic heterocycles. The maximum Gasteiger partial charge on any atom is 0.335 e. The number of amides is 2. The number of carboxylic acid groups (broad SMARTS) is 2. The second-order valence-corrected chi connectivity index (χ2v) is 14.2. The molecule has 0 unspecified atom stereocenters. The van der Waals surface area contributed by atoms with E-state index in [0.717, 1.165) is 8.61 Å². The summed E-state index contributed by atoms with van der Waals surface area (Å²) in [6.45, 7) is -0.811. The lowest BCUT2D eigenvalue weighted by Gasteiger charge is -2.17. The number of rotatable bonds is 8. The van der Waals surface area contributed by atoms with Crippen molar-refractivity contribution in [2.75, 3.05) is 21.7 Å². The van der Waals surface area contributed by atoms with Crippen molar-refractivity contribution in [2.45, 2.75) is 12.8 Å². The quantitative estimate of drug-likeness (QED) is 0.152. The summed E-state index contributed by atoms with van der Waals surface area (Å²) in [7, 11) is -8.01. The van der Waals surface area contributed by atoms with Crippen LogP contribution in [0.25, 0.3) is 0 Å². The number of hydrogen-bond donors (Lipinski definition) is 6. The normalized spacial score (nSPS) is 15.8. The Bertz CT molecular complexity index is 2100. The standard InChI is InChI=1S/2C16H14N2O6S/c2*19-14-8-10(7-11-3-1-2-4-12(11)16(21)22)5-6-13(14)18-9-15(20)17-25(18,23)24/h2*1-6,8,19H,7,9H2,(H,17,20)(H,21,22). The molecular formula is C32H28N4O12S2. The Morgan fingerprint density at radius 1 is 0.600 bits per heavy atom. The van der Waals surface area contributed by atoms with Crippen LogP contribution in [0, 0.1) is 0 Å². The Hall–Kier alpha value is -6.14. The van der Waals surface area contributed by atoms with Gasteiger partial charge < -0.3 is 20.4 Å². The number of carbonyl (C=O) groups is 4. The van der Waals surface area contributed by atoms with Crippen LogP contribution < -0.4 is 18.1 Å². The van der Waals surface area contributed by atoms with Crippen LogP contribution in [-0.2, 0) is 42.8 Å². The van der Waals surface area contributed by atoms with Gasteiger partial charge in [-0.25, -0.2) is 27.6 Å². The van der Waals surface area contributed by atoms with Crippen molar-refractivity contribution in [2.24, 2.45) is 0 Å². The molecule has 2 aliphatic heterocycles. The van der Waals surface area contributed by atoms with Crippen LogP contribution in [-0.4, -0.2) is 74.1 Å². The number of carboxylic acids is 2. The van der Waals surface area contributed by atoms with Crippen molar-refractivity contribution in [3.05, 3.63) is 118 Å². The lowest BCUT2D eigenvalue weighted by atomic mass is 9.99. The first-order chi connectivity index (χ1) is 23.6. The molecule has 50 heavy (non-hydrogen) atoms. The summed E-state index contributed by atoms with van der Waals surface area (Å²) in [6, 6.07) is 21.6. The molecule has 6 rings (SSSR count). The largest absolute Gasteiger partial charge is 0.506 e. The third-order valence-corrected chi connectivity index (χ3v) is 10.3. The molecule has 0 aliphatic carbocycles. The van der Waals surface area contributed by atoms with Gasteiger partial charge in [-0.3, -0.25) is 9.59 Å². The number of hydrogen-bond acceptors (Lipinski definition) is 10. The summed E-state index contributed by atoms with van der Waals surface area (Å²) in [6.07, 6.45) is 0.500. The van der Waals surface area contributed by atoms with Crippen LogP contribution in [0.3, 0.4) is 0 Å². The topological polar surface area (TPSA) is 248 Å². The van der Waals surface area contributed by atoms with E-state index in [2.05, 4.69) is 0 Å². The van der Waals surface area contributed by atoms with E-state index in [0.29, 0.717) is 22.3 Å². The highest BCUT2D eigenvalue weighted by Crippen LogP contribution is 2.33. The Labute approximate surface area is 285 Å². The van der Waals surface area contributed by atoms with E-state index in [1.165, 1.54) is 36.4 Å². The van der Waals surface area contributed by atoms with Crippen LogP contribution in [0.15, 0.2) is 84.9 Å². The van der Waals surface area contributed by atoms with Crippen molar-refractivity contribution in [1.82, 2.24) is 9.44 Å². The number of nitrogens with zero attached hydrogens (tertiary/aromatic N) is 2. The first-order valence-corrected chi connectivity index (χ1v) is 17.4. The lowest BCUT2D eigenvalue weighted by molar-refractivity contribution is -0.118. The smallest absolute Gasteiger partial charge is 0.335 e. The molecule has 0 radical (unpaired) electrons. The van der Waals surface area contributed by atoms with E-state index in [4.69, 9.17) is 0 Å². The minimum absolute atomic E-state index is 0.0198. The number of nitrogens with one attached hydrogen (secondary N) is 2. The minimum Gasteiger partial charge on any atom is -0.506 e. The highest BCUT2D eigenvalue weighted by molar-refractivity contribution is 7.92. The van der Waals surface area contributed by atoms with Crippen molar-refractivity contribution < 1.29 is 56.4 Å². The van der Waals surface area contributed by atoms with E-state index >= 15 is 0 Å². The first kappa shape index (κ1) is 35.2. The Balaban J connectivity index is 0.000000194. The fourth-order valence-corrected chi connectivity index (χ4v) is 7.63. The van der Waals surface area contributed by atoms with Gasteiger partial charge in [0.05, 0.1) is 22.5 Å². The van der Waals surface area contributed by atoms with Crippen molar-refractivity contribution in [3.8, 4) is 11.5 Å². The molecule has 4 aromatic rings. The van der Waals surface area contributed by atoms with Crippen LogP contribution in [0.5, 0.6) is 11.5 Å². The van der Waals surface area contributed by atoms with E-state index in [9.17, 15) is 56.4 Å². The van der Waals surface area contributed by atoms with Gasteiger partial charge in [0.15, 0.2) is 0 Å². The number of anilines is 2. The molecule has 2 heterocycles. The molecule has 16 nitrogen and oxygen atoms in total. The predicted octanol–water partition coefficient (Wildman–Crippen LogP) is 1.72. The van der Waals surface area contributed by atoms with Crippen molar-refractivity contribution >= 4 is 55.5 Å². The molecule has 0 atom stereocenters. The zero-order valence-electron chi connectivity index (χ0n) is 25.7. The molecule has 6 N–H and O–H groups in total. The van der Waals surface area contributed by atoms with E-state index in [1.807, 2.05) is 9.44 Å². The number of carbonyl (C=O) groups excluding carboxylic acids is 2. The maximum absolute atomic E-state index is 11.8. The van der Waals surface area contributed by atoms with Gasteiger partial charge in [-0.2, -0.15) is 16.8 Å². The lowest BCUT2D eigenvalue weighted by Crippen LogP contribution is -2.29. The summed E-state index contributed by atoms with van der Waals surface area (Å²) in [5.41, 5.74) is 2.60. The molecule has 0 bridgehead atoms. The number of aromatic hydroxyl groups is 2. The summed E-state index contributed by atoms with van der Waals surface area (Å²) in [5.74, 6) is -4.10. The van der Waals surface area contributed by atoms with Gasteiger partial charge in [0.2, 0.25) is 0 Å². The summed E-state index contributed by atoms with van der Waals surface area (Å²) >= 11 is 0. The van der Waals surface area contributed by atoms with Crippen LogP contribution in [0.4, 0.5) is 11.4 Å². The summed E-state index contributed by atoms with van der Waals surface area (Å²) < 4.78 is 52.6. The summed E-state index contributed by atoms with van der Waals surface area (Å²) in [5, 5.41) is 38.7. The summed E-state index contributed by atoms with van der Waals surface area (Å²) in [4.78, 5) is 45.1. The van der Waals surface area contributed by atoms with Crippen molar-refractivity contribution in [3.63, 3.8) is 0 Å². The zero-order chi connectivity index (χ0) is 36.4. The van der Waals surface area contributed by atoms with E-state index in [1.54, 1.807) is 48.5 Å². The van der Waals surface area contributed by atoms with Gasteiger partial charge in [-0.15, -0.1) is 0 Å². The van der Waals surface area contributed by atoms with Gasteiger partial charge >= 0.3 is 32.4 Å². The highest BCUT2D eigenvalue weighted by atomic mass is 32.2. The average Bonchev–Trinajstić information content (AvgIpc) is 3.47. The molecule has 2 saturated heterocycles. The molecular weight excluding hydrogens is 697 g/mol. The van der Waals surface area contributed by atoms with Crippen molar-refractivity contribution in [1.29, 1.82) is 0 Å². The van der Waals surface area contributed by atoms with Crippen LogP contribution in [0.2, 0.25) is 0 Å². The molecule has 18 heteroatoms. The third kappa shape index (κ3) is 7.61. The number of phenolic OH excluding ortho intramolecular Hbond substituents is 2.